The first kappa shape index (κ1) is 14.0. The van der Waals surface area contributed by atoms with E-state index in [1.807, 2.05) is 32.0 Å². The molecule has 0 aliphatic carbocycles. The van der Waals surface area contributed by atoms with Gasteiger partial charge in [0, 0.05) is 5.56 Å². The van der Waals surface area contributed by atoms with E-state index < -0.39 is 17.7 Å². The molecule has 2 aromatic rings. The summed E-state index contributed by atoms with van der Waals surface area (Å²) < 4.78 is 27.3. The topological polar surface area (TPSA) is 26.0 Å². The zero-order valence-electron chi connectivity index (χ0n) is 10.7. The van der Waals surface area contributed by atoms with Crippen LogP contribution in [0.3, 0.4) is 0 Å². The lowest BCUT2D eigenvalue weighted by molar-refractivity contribution is 0.576. The number of nitrogens with two attached hydrogens (primary N) is 1. The van der Waals surface area contributed by atoms with Crippen molar-refractivity contribution in [3.8, 4) is 0 Å². The average molecular weight is 282 g/mol. The monoisotopic (exact) mass is 281 g/mol. The Bertz CT molecular complexity index is 626. The van der Waals surface area contributed by atoms with E-state index in [9.17, 15) is 8.78 Å². The molecule has 2 aromatic carbocycles. The molecule has 0 aliphatic heterocycles. The SMILES string of the molecule is Cc1cccc(C(N)c2cc(F)c(Cl)cc2F)c1C. The predicted molar refractivity (Wildman–Crippen MR) is 73.3 cm³/mol. The molecule has 0 saturated carbocycles. The highest BCUT2D eigenvalue weighted by Crippen LogP contribution is 2.29. The summed E-state index contributed by atoms with van der Waals surface area (Å²) in [6.07, 6.45) is 0. The van der Waals surface area contributed by atoms with E-state index in [4.69, 9.17) is 17.3 Å². The molecule has 0 fully saturated rings. The molecule has 19 heavy (non-hydrogen) atoms. The zero-order chi connectivity index (χ0) is 14.2. The van der Waals surface area contributed by atoms with Crippen molar-refractivity contribution in [2.75, 3.05) is 0 Å². The first-order chi connectivity index (χ1) is 8.91. The molecule has 2 N–H and O–H groups in total. The second kappa shape index (κ2) is 5.27. The Hall–Kier alpha value is -1.45. The van der Waals surface area contributed by atoms with Gasteiger partial charge in [-0.15, -0.1) is 0 Å². The number of hydrogen-bond donors (Lipinski definition) is 1. The highest BCUT2D eigenvalue weighted by atomic mass is 35.5. The van der Waals surface area contributed by atoms with E-state index in [2.05, 4.69) is 0 Å². The van der Waals surface area contributed by atoms with Crippen LogP contribution in [0, 0.1) is 25.5 Å². The minimum Gasteiger partial charge on any atom is -0.320 e. The van der Waals surface area contributed by atoms with E-state index in [1.54, 1.807) is 0 Å². The summed E-state index contributed by atoms with van der Waals surface area (Å²) in [6.45, 7) is 3.86. The van der Waals surface area contributed by atoms with E-state index in [0.717, 1.165) is 28.8 Å². The fraction of sp³-hybridized carbons (Fsp3) is 0.200. The van der Waals surface area contributed by atoms with Crippen LogP contribution in [0.4, 0.5) is 8.78 Å². The van der Waals surface area contributed by atoms with Gasteiger partial charge in [-0.05, 0) is 42.7 Å². The van der Waals surface area contributed by atoms with Crippen LogP contribution in [0.15, 0.2) is 30.3 Å². The fourth-order valence-corrected chi connectivity index (χ4v) is 2.20. The second-order valence-corrected chi connectivity index (χ2v) is 4.96. The van der Waals surface area contributed by atoms with Gasteiger partial charge < -0.3 is 5.73 Å². The van der Waals surface area contributed by atoms with Gasteiger partial charge in [-0.25, -0.2) is 8.78 Å². The molecule has 4 heteroatoms. The first-order valence-corrected chi connectivity index (χ1v) is 6.25. The zero-order valence-corrected chi connectivity index (χ0v) is 11.4. The molecule has 0 bridgehead atoms. The predicted octanol–water partition coefficient (Wildman–Crippen LogP) is 4.28. The van der Waals surface area contributed by atoms with Gasteiger partial charge in [-0.2, -0.15) is 0 Å². The third-order valence-corrected chi connectivity index (χ3v) is 3.65. The minimum absolute atomic E-state index is 0.107. The lowest BCUT2D eigenvalue weighted by Crippen LogP contribution is -2.15. The van der Waals surface area contributed by atoms with Crippen molar-refractivity contribution < 1.29 is 8.78 Å². The quantitative estimate of drug-likeness (QED) is 0.817. The molecule has 0 radical (unpaired) electrons. The molecule has 0 amide bonds. The Morgan fingerprint density at radius 3 is 2.42 bits per heavy atom. The number of aryl methyl sites for hydroxylation is 1. The number of rotatable bonds is 2. The third kappa shape index (κ3) is 2.62. The normalized spacial score (nSPS) is 12.5. The smallest absolute Gasteiger partial charge is 0.142 e. The molecule has 1 nitrogen and oxygen atoms in total. The van der Waals surface area contributed by atoms with E-state index >= 15 is 0 Å². The van der Waals surface area contributed by atoms with Gasteiger partial charge >= 0.3 is 0 Å². The molecule has 0 heterocycles. The Balaban J connectivity index is 2.53. The summed E-state index contributed by atoms with van der Waals surface area (Å²) in [4.78, 5) is 0. The molecular weight excluding hydrogens is 268 g/mol. The van der Waals surface area contributed by atoms with Crippen molar-refractivity contribution in [3.05, 3.63) is 69.2 Å². The van der Waals surface area contributed by atoms with E-state index in [1.165, 1.54) is 0 Å². The summed E-state index contributed by atoms with van der Waals surface area (Å²) in [5.41, 5.74) is 8.98. The Kier molecular flexibility index (Phi) is 3.88. The summed E-state index contributed by atoms with van der Waals surface area (Å²) >= 11 is 5.54. The molecule has 100 valence electrons. The van der Waals surface area contributed by atoms with Crippen molar-refractivity contribution >= 4 is 11.6 Å². The molecule has 0 spiro atoms. The lowest BCUT2D eigenvalue weighted by atomic mass is 9.93. The van der Waals surface area contributed by atoms with Crippen LogP contribution in [0.25, 0.3) is 0 Å². The lowest BCUT2D eigenvalue weighted by Gasteiger charge is -2.17. The van der Waals surface area contributed by atoms with Crippen LogP contribution < -0.4 is 5.73 Å². The molecule has 0 aliphatic rings. The summed E-state index contributed by atoms with van der Waals surface area (Å²) in [6, 6.07) is 6.92. The Labute approximate surface area is 116 Å². The van der Waals surface area contributed by atoms with Gasteiger partial charge in [-0.1, -0.05) is 29.8 Å². The minimum atomic E-state index is -0.716. The maximum atomic E-state index is 13.9. The summed E-state index contributed by atoms with van der Waals surface area (Å²) in [5.74, 6) is -1.27. The van der Waals surface area contributed by atoms with Crippen molar-refractivity contribution in [1.29, 1.82) is 0 Å². The van der Waals surface area contributed by atoms with Crippen LogP contribution >= 0.6 is 11.6 Å². The highest BCUT2D eigenvalue weighted by molar-refractivity contribution is 6.30. The fourth-order valence-electron chi connectivity index (χ4n) is 2.05. The maximum absolute atomic E-state index is 13.9. The van der Waals surface area contributed by atoms with Crippen LogP contribution in [-0.4, -0.2) is 0 Å². The van der Waals surface area contributed by atoms with Crippen LogP contribution in [-0.2, 0) is 0 Å². The maximum Gasteiger partial charge on any atom is 0.142 e. The third-order valence-electron chi connectivity index (χ3n) is 3.36. The highest BCUT2D eigenvalue weighted by Gasteiger charge is 2.18. The van der Waals surface area contributed by atoms with Gasteiger partial charge in [0.1, 0.15) is 11.6 Å². The van der Waals surface area contributed by atoms with Crippen LogP contribution in [0.1, 0.15) is 28.3 Å². The van der Waals surface area contributed by atoms with Gasteiger partial charge in [-0.3, -0.25) is 0 Å². The number of halogens is 3. The van der Waals surface area contributed by atoms with Crippen molar-refractivity contribution in [3.63, 3.8) is 0 Å². The van der Waals surface area contributed by atoms with Crippen LogP contribution in [0.5, 0.6) is 0 Å². The van der Waals surface area contributed by atoms with E-state index in [0.29, 0.717) is 0 Å². The second-order valence-electron chi connectivity index (χ2n) is 4.55. The van der Waals surface area contributed by atoms with Crippen molar-refractivity contribution in [1.82, 2.24) is 0 Å². The van der Waals surface area contributed by atoms with Crippen LogP contribution in [0.2, 0.25) is 5.02 Å². The Morgan fingerprint density at radius 2 is 1.74 bits per heavy atom. The molecule has 2 rings (SSSR count). The number of benzene rings is 2. The Morgan fingerprint density at radius 1 is 1.05 bits per heavy atom. The van der Waals surface area contributed by atoms with Gasteiger partial charge in [0.2, 0.25) is 0 Å². The van der Waals surface area contributed by atoms with Gasteiger partial charge in [0.25, 0.3) is 0 Å². The molecule has 0 aromatic heterocycles. The number of hydrogen-bond acceptors (Lipinski definition) is 1. The average Bonchev–Trinajstić information content (AvgIpc) is 2.36. The van der Waals surface area contributed by atoms with Gasteiger partial charge in [0.05, 0.1) is 11.1 Å². The standard InChI is InChI=1S/C15H14ClF2N/c1-8-4-3-5-10(9(8)2)15(19)11-6-14(18)12(16)7-13(11)17/h3-7,15H,19H2,1-2H3. The molecule has 0 saturated heterocycles. The first-order valence-electron chi connectivity index (χ1n) is 5.88. The summed E-state index contributed by atoms with van der Waals surface area (Å²) in [5, 5.41) is -0.241. The van der Waals surface area contributed by atoms with E-state index in [-0.39, 0.29) is 10.6 Å². The summed E-state index contributed by atoms with van der Waals surface area (Å²) in [7, 11) is 0. The molecule has 1 unspecified atom stereocenters. The van der Waals surface area contributed by atoms with Crippen molar-refractivity contribution in [2.24, 2.45) is 5.73 Å². The largest absolute Gasteiger partial charge is 0.320 e. The van der Waals surface area contributed by atoms with Gasteiger partial charge in [0.15, 0.2) is 0 Å². The van der Waals surface area contributed by atoms with Crippen molar-refractivity contribution in [2.45, 2.75) is 19.9 Å². The molecular formula is C15H14ClF2N. The molecule has 1 atom stereocenters.